The largest absolute Gasteiger partial charge is 0.366 e. The number of nitrogens with zero attached hydrogens (tertiary/aromatic N) is 2. The predicted molar refractivity (Wildman–Crippen MR) is 73.6 cm³/mol. The molecule has 0 fully saturated rings. The van der Waals surface area contributed by atoms with Crippen LogP contribution in [0.4, 0.5) is 5.82 Å². The number of rotatable bonds is 6. The molecule has 5 nitrogen and oxygen atoms in total. The average molecular weight is 271 g/mol. The van der Waals surface area contributed by atoms with E-state index in [0.29, 0.717) is 11.6 Å². The minimum atomic E-state index is -2.97. The van der Waals surface area contributed by atoms with Gasteiger partial charge in [0.2, 0.25) is 0 Å². The van der Waals surface area contributed by atoms with Crippen LogP contribution in [0, 0.1) is 6.92 Å². The minimum Gasteiger partial charge on any atom is -0.366 e. The molecule has 1 heterocycles. The molecule has 18 heavy (non-hydrogen) atoms. The van der Waals surface area contributed by atoms with Gasteiger partial charge in [-0.2, -0.15) is 0 Å². The van der Waals surface area contributed by atoms with Crippen LogP contribution in [0.1, 0.15) is 32.3 Å². The van der Waals surface area contributed by atoms with E-state index < -0.39 is 9.84 Å². The van der Waals surface area contributed by atoms with E-state index in [1.807, 2.05) is 26.8 Å². The fourth-order valence-corrected chi connectivity index (χ4v) is 2.76. The quantitative estimate of drug-likeness (QED) is 0.850. The summed E-state index contributed by atoms with van der Waals surface area (Å²) in [6.45, 7) is 7.36. The Kier molecular flexibility index (Phi) is 5.07. The first kappa shape index (κ1) is 14.9. The summed E-state index contributed by atoms with van der Waals surface area (Å²) < 4.78 is 23.0. The average Bonchev–Trinajstić information content (AvgIpc) is 2.27. The molecule has 0 amide bonds. The van der Waals surface area contributed by atoms with Gasteiger partial charge in [0.1, 0.15) is 11.6 Å². The van der Waals surface area contributed by atoms with E-state index in [1.165, 1.54) is 0 Å². The van der Waals surface area contributed by atoms with Gasteiger partial charge >= 0.3 is 0 Å². The molecule has 1 aromatic heterocycles. The van der Waals surface area contributed by atoms with Crippen molar-refractivity contribution < 1.29 is 8.42 Å². The SMILES string of the molecule is CCc1cc(NC(C)CS(=O)(=O)CC)nc(C)n1. The zero-order valence-corrected chi connectivity index (χ0v) is 12.2. The zero-order valence-electron chi connectivity index (χ0n) is 11.4. The van der Waals surface area contributed by atoms with E-state index in [0.717, 1.165) is 12.1 Å². The van der Waals surface area contributed by atoms with Crippen molar-refractivity contribution in [2.45, 2.75) is 40.2 Å². The summed E-state index contributed by atoms with van der Waals surface area (Å²) in [5.41, 5.74) is 0.954. The van der Waals surface area contributed by atoms with Crippen molar-refractivity contribution in [1.82, 2.24) is 9.97 Å². The van der Waals surface area contributed by atoms with Crippen LogP contribution >= 0.6 is 0 Å². The van der Waals surface area contributed by atoms with Crippen molar-refractivity contribution >= 4 is 15.7 Å². The zero-order chi connectivity index (χ0) is 13.8. The maximum atomic E-state index is 11.5. The van der Waals surface area contributed by atoms with Crippen molar-refractivity contribution in [2.24, 2.45) is 0 Å². The standard InChI is InChI=1S/C12H21N3O2S/c1-5-11-7-12(15-10(4)14-11)13-9(3)8-18(16,17)6-2/h7,9H,5-6,8H2,1-4H3,(H,13,14,15). The third-order valence-corrected chi connectivity index (χ3v) is 4.48. The first-order chi connectivity index (χ1) is 8.36. The molecule has 0 aliphatic carbocycles. The molecule has 0 aliphatic heterocycles. The van der Waals surface area contributed by atoms with E-state index in [4.69, 9.17) is 0 Å². The van der Waals surface area contributed by atoms with Gasteiger partial charge in [0, 0.05) is 23.6 Å². The number of sulfone groups is 1. The van der Waals surface area contributed by atoms with Gasteiger partial charge in [0.25, 0.3) is 0 Å². The summed E-state index contributed by atoms with van der Waals surface area (Å²) in [6, 6.07) is 1.70. The van der Waals surface area contributed by atoms with Gasteiger partial charge < -0.3 is 5.32 Å². The van der Waals surface area contributed by atoms with Crippen LogP contribution in [0.5, 0.6) is 0 Å². The molecule has 0 saturated heterocycles. The van der Waals surface area contributed by atoms with E-state index in [-0.39, 0.29) is 17.5 Å². The predicted octanol–water partition coefficient (Wildman–Crippen LogP) is 1.58. The second-order valence-electron chi connectivity index (χ2n) is 4.39. The van der Waals surface area contributed by atoms with Gasteiger partial charge in [-0.15, -0.1) is 0 Å². The number of hydrogen-bond acceptors (Lipinski definition) is 5. The van der Waals surface area contributed by atoms with Gasteiger partial charge in [-0.1, -0.05) is 13.8 Å². The van der Waals surface area contributed by atoms with Crippen LogP contribution in [0.2, 0.25) is 0 Å². The lowest BCUT2D eigenvalue weighted by atomic mass is 10.3. The molecule has 0 aromatic carbocycles. The molecular formula is C12H21N3O2S. The highest BCUT2D eigenvalue weighted by atomic mass is 32.2. The lowest BCUT2D eigenvalue weighted by Crippen LogP contribution is -2.27. The van der Waals surface area contributed by atoms with Crippen molar-refractivity contribution in [2.75, 3.05) is 16.8 Å². The lowest BCUT2D eigenvalue weighted by Gasteiger charge is -2.15. The highest BCUT2D eigenvalue weighted by molar-refractivity contribution is 7.91. The Labute approximate surface area is 109 Å². The number of anilines is 1. The molecule has 0 spiro atoms. The molecule has 6 heteroatoms. The van der Waals surface area contributed by atoms with Gasteiger partial charge in [0.05, 0.1) is 5.75 Å². The Bertz CT molecular complexity index is 500. The molecule has 1 N–H and O–H groups in total. The van der Waals surface area contributed by atoms with E-state index in [1.54, 1.807) is 6.92 Å². The van der Waals surface area contributed by atoms with Crippen LogP contribution in [0.3, 0.4) is 0 Å². The fourth-order valence-electron chi connectivity index (χ4n) is 1.68. The minimum absolute atomic E-state index is 0.119. The van der Waals surface area contributed by atoms with E-state index in [2.05, 4.69) is 15.3 Å². The monoisotopic (exact) mass is 271 g/mol. The molecule has 0 saturated carbocycles. The van der Waals surface area contributed by atoms with Crippen LogP contribution in [-0.4, -0.2) is 35.9 Å². The summed E-state index contributed by atoms with van der Waals surface area (Å²) in [7, 11) is -2.97. The van der Waals surface area contributed by atoms with E-state index >= 15 is 0 Å². The Morgan fingerprint density at radius 1 is 1.33 bits per heavy atom. The van der Waals surface area contributed by atoms with Gasteiger partial charge in [0.15, 0.2) is 9.84 Å². The molecule has 1 unspecified atom stereocenters. The van der Waals surface area contributed by atoms with Crippen molar-refractivity contribution in [3.05, 3.63) is 17.6 Å². The van der Waals surface area contributed by atoms with Crippen molar-refractivity contribution in [1.29, 1.82) is 0 Å². The van der Waals surface area contributed by atoms with Crippen LogP contribution in [0.25, 0.3) is 0 Å². The highest BCUT2D eigenvalue weighted by Crippen LogP contribution is 2.09. The Morgan fingerprint density at radius 2 is 2.00 bits per heavy atom. The Balaban J connectivity index is 2.75. The summed E-state index contributed by atoms with van der Waals surface area (Å²) in [5, 5.41) is 3.12. The van der Waals surface area contributed by atoms with Gasteiger partial charge in [-0.3, -0.25) is 0 Å². The van der Waals surface area contributed by atoms with Gasteiger partial charge in [-0.05, 0) is 20.3 Å². The van der Waals surface area contributed by atoms with E-state index in [9.17, 15) is 8.42 Å². The Morgan fingerprint density at radius 3 is 2.56 bits per heavy atom. The van der Waals surface area contributed by atoms with Gasteiger partial charge in [-0.25, -0.2) is 18.4 Å². The second kappa shape index (κ2) is 6.13. The fraction of sp³-hybridized carbons (Fsp3) is 0.667. The molecule has 0 radical (unpaired) electrons. The molecular weight excluding hydrogens is 250 g/mol. The summed E-state index contributed by atoms with van der Waals surface area (Å²) >= 11 is 0. The molecule has 102 valence electrons. The molecule has 1 atom stereocenters. The first-order valence-electron chi connectivity index (χ1n) is 6.17. The van der Waals surface area contributed by atoms with Crippen molar-refractivity contribution in [3.63, 3.8) is 0 Å². The molecule has 1 rings (SSSR count). The summed E-state index contributed by atoms with van der Waals surface area (Å²) in [4.78, 5) is 8.54. The van der Waals surface area contributed by atoms with Crippen LogP contribution in [0.15, 0.2) is 6.07 Å². The van der Waals surface area contributed by atoms with Crippen LogP contribution < -0.4 is 5.32 Å². The number of aryl methyl sites for hydroxylation is 2. The maximum Gasteiger partial charge on any atom is 0.152 e. The lowest BCUT2D eigenvalue weighted by molar-refractivity contribution is 0.593. The maximum absolute atomic E-state index is 11.5. The highest BCUT2D eigenvalue weighted by Gasteiger charge is 2.14. The van der Waals surface area contributed by atoms with Crippen molar-refractivity contribution in [3.8, 4) is 0 Å². The number of aromatic nitrogens is 2. The number of hydrogen-bond donors (Lipinski definition) is 1. The first-order valence-corrected chi connectivity index (χ1v) is 8.00. The normalized spacial score (nSPS) is 13.3. The summed E-state index contributed by atoms with van der Waals surface area (Å²) in [5.74, 6) is 1.68. The summed E-state index contributed by atoms with van der Waals surface area (Å²) in [6.07, 6.45) is 0.833. The van der Waals surface area contributed by atoms with Crippen LogP contribution in [-0.2, 0) is 16.3 Å². The Hall–Kier alpha value is -1.17. The third-order valence-electron chi connectivity index (χ3n) is 2.59. The molecule has 0 bridgehead atoms. The smallest absolute Gasteiger partial charge is 0.152 e. The molecule has 0 aliphatic rings. The molecule has 1 aromatic rings. The third kappa shape index (κ3) is 4.60. The second-order valence-corrected chi connectivity index (χ2v) is 6.79. The number of nitrogens with one attached hydrogen (secondary N) is 1. The topological polar surface area (TPSA) is 72.0 Å².